The summed E-state index contributed by atoms with van der Waals surface area (Å²) in [5.41, 5.74) is 2.31. The van der Waals surface area contributed by atoms with Crippen molar-refractivity contribution in [2.75, 3.05) is 24.8 Å². The van der Waals surface area contributed by atoms with E-state index in [1.165, 1.54) is 7.11 Å². The minimum absolute atomic E-state index is 0.0571. The molecule has 2 aromatic carbocycles. The average Bonchev–Trinajstić information content (AvgIpc) is 2.88. The zero-order valence-electron chi connectivity index (χ0n) is 20.1. The fraction of sp³-hybridized carbons (Fsp3) is 0.308. The second-order valence-corrected chi connectivity index (χ2v) is 9.19. The van der Waals surface area contributed by atoms with Crippen LogP contribution < -0.4 is 15.4 Å². The number of nitrogens with zero attached hydrogens (tertiary/aromatic N) is 1. The van der Waals surface area contributed by atoms with Crippen molar-refractivity contribution >= 4 is 46.8 Å². The van der Waals surface area contributed by atoms with Gasteiger partial charge >= 0.3 is 5.97 Å². The summed E-state index contributed by atoms with van der Waals surface area (Å²) in [7, 11) is 1.18. The van der Waals surface area contributed by atoms with Crippen molar-refractivity contribution in [3.05, 3.63) is 69.2 Å². The Morgan fingerprint density at radius 2 is 1.97 bits per heavy atom. The normalized spacial score (nSPS) is 17.1. The van der Waals surface area contributed by atoms with Gasteiger partial charge in [0.05, 0.1) is 41.2 Å². The molecule has 0 radical (unpaired) electrons. The predicted octanol–water partition coefficient (Wildman–Crippen LogP) is 4.41. The van der Waals surface area contributed by atoms with E-state index in [1.54, 1.807) is 18.2 Å². The number of methoxy groups -OCH3 is 1. The highest BCUT2D eigenvalue weighted by Crippen LogP contribution is 2.42. The Hall–Kier alpha value is -3.48. The van der Waals surface area contributed by atoms with Crippen LogP contribution in [0.25, 0.3) is 0 Å². The number of hydrogen-bond acceptors (Lipinski definition) is 7. The smallest absolute Gasteiger partial charge is 0.319 e. The molecule has 188 valence electrons. The van der Waals surface area contributed by atoms with Crippen LogP contribution in [0.15, 0.2) is 53.1 Å². The Morgan fingerprint density at radius 3 is 2.61 bits per heavy atom. The molecule has 8 nitrogen and oxygen atoms in total. The molecule has 0 aromatic heterocycles. The number of hydrogen-bond donors (Lipinski definition) is 2. The van der Waals surface area contributed by atoms with E-state index in [2.05, 4.69) is 16.7 Å². The highest BCUT2D eigenvalue weighted by atomic mass is 35.5. The van der Waals surface area contributed by atoms with E-state index in [-0.39, 0.29) is 27.3 Å². The minimum Gasteiger partial charge on any atom is -0.492 e. The number of rotatable bonds is 9. The third kappa shape index (κ3) is 6.01. The van der Waals surface area contributed by atoms with Crippen molar-refractivity contribution in [2.24, 2.45) is 5.92 Å². The molecule has 2 aromatic rings. The average molecular weight is 528 g/mol. The molecule has 2 amide bonds. The molecule has 0 spiro atoms. The topological polar surface area (TPSA) is 118 Å². The van der Waals surface area contributed by atoms with Crippen molar-refractivity contribution in [1.82, 2.24) is 5.32 Å². The Labute approximate surface area is 219 Å². The molecule has 3 rings (SSSR count). The van der Waals surface area contributed by atoms with Crippen LogP contribution in [-0.2, 0) is 25.5 Å². The van der Waals surface area contributed by atoms with E-state index in [0.29, 0.717) is 23.6 Å². The molecular formula is C26H26ClN3O5S. The molecule has 10 heteroatoms. The fourth-order valence-corrected chi connectivity index (χ4v) is 5.03. The first kappa shape index (κ1) is 27.1. The summed E-state index contributed by atoms with van der Waals surface area (Å²) in [6.07, 6.45) is 0.755. The first-order valence-electron chi connectivity index (χ1n) is 11.3. The maximum Gasteiger partial charge on any atom is 0.319 e. The number of ether oxygens (including phenoxy) is 2. The predicted molar refractivity (Wildman–Crippen MR) is 139 cm³/mol. The number of halogens is 1. The monoisotopic (exact) mass is 527 g/mol. The van der Waals surface area contributed by atoms with E-state index in [9.17, 15) is 19.6 Å². The fourth-order valence-electron chi connectivity index (χ4n) is 3.94. The van der Waals surface area contributed by atoms with Gasteiger partial charge in [-0.2, -0.15) is 5.26 Å². The van der Waals surface area contributed by atoms with Gasteiger partial charge in [-0.15, -0.1) is 0 Å². The first-order valence-corrected chi connectivity index (χ1v) is 12.7. The number of aryl methyl sites for hydroxylation is 1. The lowest BCUT2D eigenvalue weighted by molar-refractivity contribution is -0.150. The second-order valence-electron chi connectivity index (χ2n) is 7.79. The first-order chi connectivity index (χ1) is 17.3. The van der Waals surface area contributed by atoms with Crippen molar-refractivity contribution in [3.63, 3.8) is 0 Å². The summed E-state index contributed by atoms with van der Waals surface area (Å²) in [5.74, 6) is -3.57. The summed E-state index contributed by atoms with van der Waals surface area (Å²) < 4.78 is 10.3. The van der Waals surface area contributed by atoms with Gasteiger partial charge in [0, 0.05) is 11.6 Å². The van der Waals surface area contributed by atoms with Crippen molar-refractivity contribution in [2.45, 2.75) is 26.2 Å². The number of benzene rings is 2. The number of anilines is 1. The number of amides is 2. The largest absolute Gasteiger partial charge is 0.492 e. The van der Waals surface area contributed by atoms with Gasteiger partial charge in [-0.1, -0.05) is 54.6 Å². The van der Waals surface area contributed by atoms with E-state index in [1.807, 2.05) is 38.1 Å². The third-order valence-corrected chi connectivity index (χ3v) is 6.93. The van der Waals surface area contributed by atoms with Crippen LogP contribution in [0, 0.1) is 17.2 Å². The van der Waals surface area contributed by atoms with Crippen LogP contribution in [-0.4, -0.2) is 37.3 Å². The maximum atomic E-state index is 13.0. The molecule has 0 unspecified atom stereocenters. The molecule has 0 saturated heterocycles. The molecule has 0 fully saturated rings. The summed E-state index contributed by atoms with van der Waals surface area (Å²) in [5, 5.41) is 16.0. The Morgan fingerprint density at radius 1 is 1.22 bits per heavy atom. The summed E-state index contributed by atoms with van der Waals surface area (Å²) in [4.78, 5) is 38.2. The number of para-hydroxylation sites is 1. The van der Waals surface area contributed by atoms with Gasteiger partial charge in [-0.3, -0.25) is 14.4 Å². The van der Waals surface area contributed by atoms with Crippen molar-refractivity contribution in [1.29, 1.82) is 5.26 Å². The quantitative estimate of drug-likeness (QED) is 0.366. The number of esters is 1. The van der Waals surface area contributed by atoms with Crippen LogP contribution in [0.5, 0.6) is 5.75 Å². The molecule has 0 saturated carbocycles. The van der Waals surface area contributed by atoms with Crippen LogP contribution in [0.1, 0.15) is 30.9 Å². The molecule has 1 aliphatic heterocycles. The van der Waals surface area contributed by atoms with Crippen molar-refractivity contribution in [3.8, 4) is 11.8 Å². The lowest BCUT2D eigenvalue weighted by Gasteiger charge is -2.31. The highest BCUT2D eigenvalue weighted by Gasteiger charge is 2.44. The number of nitriles is 1. The molecule has 0 aliphatic carbocycles. The molecular weight excluding hydrogens is 502 g/mol. The van der Waals surface area contributed by atoms with Gasteiger partial charge < -0.3 is 20.1 Å². The summed E-state index contributed by atoms with van der Waals surface area (Å²) in [6, 6.07) is 14.4. The van der Waals surface area contributed by atoms with Crippen LogP contribution in [0.4, 0.5) is 5.69 Å². The van der Waals surface area contributed by atoms with E-state index in [4.69, 9.17) is 21.1 Å². The number of carbonyl (C=O) groups excluding carboxylic acids is 3. The van der Waals surface area contributed by atoms with E-state index < -0.39 is 23.7 Å². The van der Waals surface area contributed by atoms with Gasteiger partial charge in [0.2, 0.25) is 11.8 Å². The van der Waals surface area contributed by atoms with Crippen LogP contribution in [0.2, 0.25) is 5.02 Å². The summed E-state index contributed by atoms with van der Waals surface area (Å²) in [6.45, 7) is 4.22. The lowest BCUT2D eigenvalue weighted by Crippen LogP contribution is -2.44. The standard InChI is InChI=1S/C26H26ClN3O5S/c1-4-15-8-6-7-9-19(15)29-21(31)14-36-25-17(13-28)22(23(24(32)30-25)26(33)34-3)16-10-11-20(35-5-2)18(27)12-16/h6-12,22-23H,4-5,14H2,1-3H3,(H,29,31)(H,30,32)/t22-,23-/m0/s1. The number of nitrogens with one attached hydrogen (secondary N) is 2. The van der Waals surface area contributed by atoms with Crippen LogP contribution in [0.3, 0.4) is 0 Å². The Balaban J connectivity index is 1.93. The van der Waals surface area contributed by atoms with Gasteiger partial charge in [-0.25, -0.2) is 0 Å². The zero-order valence-corrected chi connectivity index (χ0v) is 21.7. The SMILES string of the molecule is CCOc1ccc([C@H]2C(C#N)=C(SCC(=O)Nc3ccccc3CC)NC(=O)[C@H]2C(=O)OC)cc1Cl. The molecule has 1 aliphatic rings. The van der Waals surface area contributed by atoms with Gasteiger partial charge in [-0.05, 0) is 42.7 Å². The maximum absolute atomic E-state index is 13.0. The van der Waals surface area contributed by atoms with E-state index >= 15 is 0 Å². The minimum atomic E-state index is -1.30. The molecule has 1 heterocycles. The molecule has 2 atom stereocenters. The van der Waals surface area contributed by atoms with Gasteiger partial charge in [0.1, 0.15) is 11.7 Å². The number of carbonyl (C=O) groups is 3. The molecule has 36 heavy (non-hydrogen) atoms. The van der Waals surface area contributed by atoms with Crippen LogP contribution >= 0.6 is 23.4 Å². The summed E-state index contributed by atoms with van der Waals surface area (Å²) >= 11 is 7.37. The van der Waals surface area contributed by atoms with E-state index in [0.717, 1.165) is 23.7 Å². The molecule has 2 N–H and O–H groups in total. The zero-order chi connectivity index (χ0) is 26.2. The van der Waals surface area contributed by atoms with Crippen molar-refractivity contribution < 1.29 is 23.9 Å². The van der Waals surface area contributed by atoms with Gasteiger partial charge in [0.25, 0.3) is 0 Å². The Bertz CT molecular complexity index is 1240. The number of thioether (sulfide) groups is 1. The highest BCUT2D eigenvalue weighted by molar-refractivity contribution is 8.03. The second kappa shape index (κ2) is 12.5. The van der Waals surface area contributed by atoms with Gasteiger partial charge in [0.15, 0.2) is 0 Å². The Kier molecular flexibility index (Phi) is 9.39. The number of allylic oxidation sites excluding steroid dienone is 1. The lowest BCUT2D eigenvalue weighted by atomic mass is 9.78. The third-order valence-electron chi connectivity index (χ3n) is 5.62. The molecule has 0 bridgehead atoms.